The summed E-state index contributed by atoms with van der Waals surface area (Å²) in [5, 5.41) is 2.83. The SMILES string of the molecule is COC(=O)CC(NC(=O)CCc1ccccc1)c1ccc(F)cc1. The van der Waals surface area contributed by atoms with Crippen molar-refractivity contribution in [1.82, 2.24) is 5.32 Å². The number of rotatable bonds is 7. The van der Waals surface area contributed by atoms with Crippen molar-refractivity contribution in [3.63, 3.8) is 0 Å². The molecule has 0 fully saturated rings. The van der Waals surface area contributed by atoms with Gasteiger partial charge in [-0.25, -0.2) is 4.39 Å². The molecule has 1 unspecified atom stereocenters. The molecule has 2 rings (SSSR count). The van der Waals surface area contributed by atoms with Crippen LogP contribution in [0.25, 0.3) is 0 Å². The third-order valence-corrected chi connectivity index (χ3v) is 3.69. The highest BCUT2D eigenvalue weighted by Gasteiger charge is 2.19. The Bertz CT molecular complexity index is 671. The van der Waals surface area contributed by atoms with E-state index in [1.807, 2.05) is 30.3 Å². The van der Waals surface area contributed by atoms with Gasteiger partial charge in [-0.05, 0) is 29.7 Å². The minimum Gasteiger partial charge on any atom is -0.469 e. The average molecular weight is 329 g/mol. The van der Waals surface area contributed by atoms with Crippen LogP contribution in [0.4, 0.5) is 4.39 Å². The van der Waals surface area contributed by atoms with E-state index in [0.29, 0.717) is 18.4 Å². The normalized spacial score (nSPS) is 11.6. The molecule has 0 aromatic heterocycles. The quantitative estimate of drug-likeness (QED) is 0.794. The monoisotopic (exact) mass is 329 g/mol. The first-order valence-electron chi connectivity index (χ1n) is 7.74. The van der Waals surface area contributed by atoms with Crippen molar-refractivity contribution in [3.05, 3.63) is 71.5 Å². The van der Waals surface area contributed by atoms with Gasteiger partial charge < -0.3 is 10.1 Å². The molecule has 1 N–H and O–H groups in total. The fourth-order valence-corrected chi connectivity index (χ4v) is 2.37. The lowest BCUT2D eigenvalue weighted by molar-refractivity contribution is -0.141. The number of aryl methyl sites for hydroxylation is 1. The van der Waals surface area contributed by atoms with Crippen LogP contribution in [0.1, 0.15) is 30.0 Å². The zero-order chi connectivity index (χ0) is 17.4. The molecule has 1 amide bonds. The number of esters is 1. The molecule has 1 atom stereocenters. The van der Waals surface area contributed by atoms with Crippen molar-refractivity contribution >= 4 is 11.9 Å². The Labute approximate surface area is 140 Å². The molecule has 24 heavy (non-hydrogen) atoms. The first kappa shape index (κ1) is 17.7. The predicted octanol–water partition coefficient (Wildman–Crippen LogP) is 3.18. The minimum atomic E-state index is -0.540. The summed E-state index contributed by atoms with van der Waals surface area (Å²) >= 11 is 0. The van der Waals surface area contributed by atoms with Crippen molar-refractivity contribution in [2.75, 3.05) is 7.11 Å². The summed E-state index contributed by atoms with van der Waals surface area (Å²) < 4.78 is 17.7. The molecule has 0 saturated heterocycles. The molecule has 0 heterocycles. The van der Waals surface area contributed by atoms with Crippen LogP contribution in [-0.4, -0.2) is 19.0 Å². The second-order valence-corrected chi connectivity index (χ2v) is 5.44. The van der Waals surface area contributed by atoms with Crippen molar-refractivity contribution in [1.29, 1.82) is 0 Å². The fourth-order valence-electron chi connectivity index (χ4n) is 2.37. The van der Waals surface area contributed by atoms with Crippen molar-refractivity contribution in [2.24, 2.45) is 0 Å². The number of methoxy groups -OCH3 is 1. The largest absolute Gasteiger partial charge is 0.469 e. The lowest BCUT2D eigenvalue weighted by Gasteiger charge is -2.18. The summed E-state index contributed by atoms with van der Waals surface area (Å²) in [6.07, 6.45) is 0.920. The van der Waals surface area contributed by atoms with E-state index in [4.69, 9.17) is 0 Å². The second kappa shape index (κ2) is 8.82. The molecule has 0 saturated carbocycles. The van der Waals surface area contributed by atoms with E-state index >= 15 is 0 Å². The van der Waals surface area contributed by atoms with E-state index in [2.05, 4.69) is 10.1 Å². The minimum absolute atomic E-state index is 0.000784. The second-order valence-electron chi connectivity index (χ2n) is 5.44. The van der Waals surface area contributed by atoms with Gasteiger partial charge in [-0.1, -0.05) is 42.5 Å². The maximum atomic E-state index is 13.1. The molecule has 0 spiro atoms. The molecule has 0 bridgehead atoms. The van der Waals surface area contributed by atoms with Gasteiger partial charge in [0.25, 0.3) is 0 Å². The van der Waals surface area contributed by atoms with E-state index in [-0.39, 0.29) is 18.1 Å². The Kier molecular flexibility index (Phi) is 6.49. The first-order chi connectivity index (χ1) is 11.6. The lowest BCUT2D eigenvalue weighted by atomic mass is 10.0. The van der Waals surface area contributed by atoms with Gasteiger partial charge in [-0.15, -0.1) is 0 Å². The first-order valence-corrected chi connectivity index (χ1v) is 7.74. The van der Waals surface area contributed by atoms with Crippen molar-refractivity contribution in [2.45, 2.75) is 25.3 Å². The van der Waals surface area contributed by atoms with E-state index in [1.54, 1.807) is 12.1 Å². The zero-order valence-corrected chi connectivity index (χ0v) is 13.5. The number of ether oxygens (including phenoxy) is 1. The number of amides is 1. The van der Waals surface area contributed by atoms with Crippen molar-refractivity contribution in [3.8, 4) is 0 Å². The van der Waals surface area contributed by atoms with Crippen LogP contribution in [0.15, 0.2) is 54.6 Å². The Morgan fingerprint density at radius 1 is 1.08 bits per heavy atom. The highest BCUT2D eigenvalue weighted by atomic mass is 19.1. The van der Waals surface area contributed by atoms with Gasteiger partial charge >= 0.3 is 5.97 Å². The Balaban J connectivity index is 2.00. The highest BCUT2D eigenvalue weighted by Crippen LogP contribution is 2.18. The molecule has 5 heteroatoms. The number of benzene rings is 2. The molecule has 4 nitrogen and oxygen atoms in total. The smallest absolute Gasteiger partial charge is 0.307 e. The number of carbonyl (C=O) groups excluding carboxylic acids is 2. The van der Waals surface area contributed by atoms with E-state index < -0.39 is 12.0 Å². The van der Waals surface area contributed by atoms with Gasteiger partial charge in [0.05, 0.1) is 19.6 Å². The van der Waals surface area contributed by atoms with Gasteiger partial charge in [-0.3, -0.25) is 9.59 Å². The van der Waals surface area contributed by atoms with E-state index in [9.17, 15) is 14.0 Å². The maximum absolute atomic E-state index is 13.1. The van der Waals surface area contributed by atoms with Gasteiger partial charge in [0.2, 0.25) is 5.91 Å². The van der Waals surface area contributed by atoms with Crippen molar-refractivity contribution < 1.29 is 18.7 Å². The summed E-state index contributed by atoms with van der Waals surface area (Å²) in [7, 11) is 1.29. The van der Waals surface area contributed by atoms with Gasteiger partial charge in [-0.2, -0.15) is 0 Å². The van der Waals surface area contributed by atoms with E-state index in [0.717, 1.165) is 5.56 Å². The molecule has 0 aliphatic carbocycles. The number of nitrogens with one attached hydrogen (secondary N) is 1. The Morgan fingerprint density at radius 3 is 2.38 bits per heavy atom. The molecular weight excluding hydrogens is 309 g/mol. The molecule has 126 valence electrons. The van der Waals surface area contributed by atoms with Crippen LogP contribution in [0.2, 0.25) is 0 Å². The third-order valence-electron chi connectivity index (χ3n) is 3.69. The van der Waals surface area contributed by atoms with Crippen LogP contribution >= 0.6 is 0 Å². The van der Waals surface area contributed by atoms with Gasteiger partial charge in [0, 0.05) is 6.42 Å². The molecule has 2 aromatic rings. The Hall–Kier alpha value is -2.69. The zero-order valence-electron chi connectivity index (χ0n) is 13.5. The van der Waals surface area contributed by atoms with Crippen LogP contribution in [0.5, 0.6) is 0 Å². The Morgan fingerprint density at radius 2 is 1.75 bits per heavy atom. The summed E-state index contributed by atoms with van der Waals surface area (Å²) in [4.78, 5) is 23.8. The number of halogens is 1. The number of hydrogen-bond acceptors (Lipinski definition) is 3. The summed E-state index contributed by atoms with van der Waals surface area (Å²) in [5.41, 5.74) is 1.73. The van der Waals surface area contributed by atoms with Crippen LogP contribution in [0.3, 0.4) is 0 Å². The maximum Gasteiger partial charge on any atom is 0.307 e. The third kappa shape index (κ3) is 5.50. The van der Waals surface area contributed by atoms with E-state index in [1.165, 1.54) is 19.2 Å². The van der Waals surface area contributed by atoms with Gasteiger partial charge in [0.15, 0.2) is 0 Å². The molecule has 2 aromatic carbocycles. The summed E-state index contributed by atoms with van der Waals surface area (Å²) in [5.74, 6) is -0.976. The average Bonchev–Trinajstić information content (AvgIpc) is 2.61. The lowest BCUT2D eigenvalue weighted by Crippen LogP contribution is -2.30. The van der Waals surface area contributed by atoms with Crippen LogP contribution in [-0.2, 0) is 20.7 Å². The highest BCUT2D eigenvalue weighted by molar-refractivity contribution is 5.78. The summed E-state index contributed by atoms with van der Waals surface area (Å²) in [6, 6.07) is 14.9. The van der Waals surface area contributed by atoms with Gasteiger partial charge in [0.1, 0.15) is 5.82 Å². The molecule has 0 radical (unpaired) electrons. The molecular formula is C19H20FNO3. The standard InChI is InChI=1S/C19H20FNO3/c1-24-19(23)13-17(15-8-10-16(20)11-9-15)21-18(22)12-7-14-5-3-2-4-6-14/h2-6,8-11,17H,7,12-13H2,1H3,(H,21,22). The van der Waals surface area contributed by atoms with Crippen LogP contribution in [0, 0.1) is 5.82 Å². The predicted molar refractivity (Wildman–Crippen MR) is 88.7 cm³/mol. The number of hydrogen-bond donors (Lipinski definition) is 1. The summed E-state index contributed by atoms with van der Waals surface area (Å²) in [6.45, 7) is 0. The molecule has 0 aliphatic rings. The van der Waals surface area contributed by atoms with Crippen LogP contribution < -0.4 is 5.32 Å². The topological polar surface area (TPSA) is 55.4 Å². The number of carbonyl (C=O) groups is 2. The molecule has 0 aliphatic heterocycles. The fraction of sp³-hybridized carbons (Fsp3) is 0.263.